The molecule has 2 saturated heterocycles. The van der Waals surface area contributed by atoms with Gasteiger partial charge in [-0.3, -0.25) is 0 Å². The molecule has 164 valence electrons. The molecule has 1 aromatic carbocycles. The van der Waals surface area contributed by atoms with Crippen molar-refractivity contribution in [3.05, 3.63) is 40.9 Å². The Labute approximate surface area is 184 Å². The molecule has 0 N–H and O–H groups in total. The number of hydrogen-bond acceptors (Lipinski definition) is 8. The molecule has 0 amide bonds. The number of fused-ring (bicyclic) bond motifs is 1. The molecule has 9 heteroatoms. The summed E-state index contributed by atoms with van der Waals surface area (Å²) in [5, 5.41) is 3.73. The maximum atomic E-state index is 15.1. The minimum Gasteiger partial charge on any atom is -0.378 e. The smallest absolute Gasteiger partial charge is 0.147 e. The Hall–Kier alpha value is -2.36. The normalized spacial score (nSPS) is 20.9. The summed E-state index contributed by atoms with van der Waals surface area (Å²) in [7, 11) is 1.74. The van der Waals surface area contributed by atoms with Crippen LogP contribution in [0.1, 0.15) is 24.0 Å². The van der Waals surface area contributed by atoms with Crippen molar-refractivity contribution in [2.45, 2.75) is 18.9 Å². The Kier molecular flexibility index (Phi) is 5.97. The SMILES string of the molecule is COC(c1nccs1)C1CCCN(c2ncnc3cc(N4CCOCC4)c(F)cc23)C1. The third-order valence-corrected chi connectivity index (χ3v) is 7.01. The fraction of sp³-hybridized carbons (Fsp3) is 0.500. The third kappa shape index (κ3) is 4.09. The highest BCUT2D eigenvalue weighted by Gasteiger charge is 2.31. The summed E-state index contributed by atoms with van der Waals surface area (Å²) in [5.41, 5.74) is 1.35. The van der Waals surface area contributed by atoms with Gasteiger partial charge in [0.15, 0.2) is 0 Å². The van der Waals surface area contributed by atoms with Crippen LogP contribution in [0.2, 0.25) is 0 Å². The van der Waals surface area contributed by atoms with Crippen LogP contribution in [0.4, 0.5) is 15.9 Å². The second-order valence-corrected chi connectivity index (χ2v) is 8.92. The first-order chi connectivity index (χ1) is 15.2. The van der Waals surface area contributed by atoms with Crippen molar-refractivity contribution >= 4 is 33.7 Å². The highest BCUT2D eigenvalue weighted by molar-refractivity contribution is 7.09. The molecule has 2 aliphatic rings. The quantitative estimate of drug-likeness (QED) is 0.596. The highest BCUT2D eigenvalue weighted by Crippen LogP contribution is 2.37. The summed E-state index contributed by atoms with van der Waals surface area (Å²) in [6.07, 6.45) is 5.44. The van der Waals surface area contributed by atoms with Gasteiger partial charge < -0.3 is 19.3 Å². The van der Waals surface area contributed by atoms with Crippen LogP contribution in [0.5, 0.6) is 0 Å². The lowest BCUT2D eigenvalue weighted by Crippen LogP contribution is -2.39. The number of halogens is 1. The monoisotopic (exact) mass is 443 g/mol. The summed E-state index contributed by atoms with van der Waals surface area (Å²) in [6.45, 7) is 4.26. The number of hydrogen-bond donors (Lipinski definition) is 0. The van der Waals surface area contributed by atoms with E-state index in [1.807, 2.05) is 22.5 Å². The predicted molar refractivity (Wildman–Crippen MR) is 119 cm³/mol. The lowest BCUT2D eigenvalue weighted by atomic mass is 9.92. The van der Waals surface area contributed by atoms with Crippen molar-refractivity contribution in [2.24, 2.45) is 5.92 Å². The third-order valence-electron chi connectivity index (χ3n) is 6.17. The molecule has 2 aromatic heterocycles. The Morgan fingerprint density at radius 1 is 1.16 bits per heavy atom. The summed E-state index contributed by atoms with van der Waals surface area (Å²) in [5.74, 6) is 0.847. The van der Waals surface area contributed by atoms with Crippen molar-refractivity contribution in [1.82, 2.24) is 15.0 Å². The Morgan fingerprint density at radius 2 is 2.03 bits per heavy atom. The molecule has 0 aliphatic carbocycles. The minimum absolute atomic E-state index is 0.0411. The van der Waals surface area contributed by atoms with Gasteiger partial charge in [0.1, 0.15) is 29.1 Å². The van der Waals surface area contributed by atoms with E-state index in [2.05, 4.69) is 19.9 Å². The topological polar surface area (TPSA) is 63.6 Å². The number of methoxy groups -OCH3 is 1. The summed E-state index contributed by atoms with van der Waals surface area (Å²) >= 11 is 1.62. The Bertz CT molecular complexity index is 1030. The van der Waals surface area contributed by atoms with E-state index in [1.54, 1.807) is 30.8 Å². The van der Waals surface area contributed by atoms with Crippen LogP contribution in [0, 0.1) is 11.7 Å². The predicted octanol–water partition coefficient (Wildman–Crippen LogP) is 3.67. The van der Waals surface area contributed by atoms with Crippen molar-refractivity contribution < 1.29 is 13.9 Å². The van der Waals surface area contributed by atoms with E-state index >= 15 is 4.39 Å². The van der Waals surface area contributed by atoms with E-state index in [0.29, 0.717) is 37.9 Å². The van der Waals surface area contributed by atoms with Gasteiger partial charge in [-0.15, -0.1) is 11.3 Å². The second kappa shape index (κ2) is 9.02. The van der Waals surface area contributed by atoms with Gasteiger partial charge in [0, 0.05) is 56.2 Å². The van der Waals surface area contributed by atoms with E-state index in [-0.39, 0.29) is 11.9 Å². The van der Waals surface area contributed by atoms with E-state index in [4.69, 9.17) is 9.47 Å². The summed E-state index contributed by atoms with van der Waals surface area (Å²) in [4.78, 5) is 17.7. The van der Waals surface area contributed by atoms with E-state index < -0.39 is 0 Å². The standard InChI is InChI=1S/C22H26FN5O2S/c1-29-20(22-24-4-10-31-22)15-3-2-5-28(13-15)21-16-11-17(23)19(12-18(16)25-14-26-21)27-6-8-30-9-7-27/h4,10-12,14-15,20H,2-3,5-9,13H2,1H3. The minimum atomic E-state index is -0.239. The molecule has 2 atom stereocenters. The maximum Gasteiger partial charge on any atom is 0.147 e. The van der Waals surface area contributed by atoms with E-state index in [0.717, 1.165) is 47.7 Å². The number of morpholine rings is 1. The zero-order valence-electron chi connectivity index (χ0n) is 17.5. The maximum absolute atomic E-state index is 15.1. The molecule has 3 aromatic rings. The zero-order valence-corrected chi connectivity index (χ0v) is 18.4. The average molecular weight is 444 g/mol. The van der Waals surface area contributed by atoms with Crippen LogP contribution in [0.3, 0.4) is 0 Å². The number of thiazole rings is 1. The van der Waals surface area contributed by atoms with Gasteiger partial charge in [-0.1, -0.05) is 0 Å². The van der Waals surface area contributed by atoms with E-state index in [9.17, 15) is 0 Å². The first-order valence-corrected chi connectivity index (χ1v) is 11.6. The molecule has 0 saturated carbocycles. The number of ether oxygens (including phenoxy) is 2. The first kappa shape index (κ1) is 20.5. The lowest BCUT2D eigenvalue weighted by molar-refractivity contribution is 0.0447. The first-order valence-electron chi connectivity index (χ1n) is 10.7. The van der Waals surface area contributed by atoms with Gasteiger partial charge in [-0.05, 0) is 25.0 Å². The summed E-state index contributed by atoms with van der Waals surface area (Å²) < 4.78 is 26.3. The number of nitrogens with zero attached hydrogens (tertiary/aromatic N) is 5. The van der Waals surface area contributed by atoms with Crippen LogP contribution in [-0.2, 0) is 9.47 Å². The number of anilines is 2. The van der Waals surface area contributed by atoms with Crippen molar-refractivity contribution in [1.29, 1.82) is 0 Å². The van der Waals surface area contributed by atoms with Crippen LogP contribution >= 0.6 is 11.3 Å². The number of rotatable bonds is 5. The zero-order chi connectivity index (χ0) is 21.2. The van der Waals surface area contributed by atoms with Crippen LogP contribution in [-0.4, -0.2) is 61.5 Å². The molecule has 7 nitrogen and oxygen atoms in total. The molecule has 2 unspecified atom stereocenters. The van der Waals surface area contributed by atoms with E-state index in [1.165, 1.54) is 0 Å². The highest BCUT2D eigenvalue weighted by atomic mass is 32.1. The van der Waals surface area contributed by atoms with Crippen LogP contribution in [0.25, 0.3) is 10.9 Å². The van der Waals surface area contributed by atoms with Crippen molar-refractivity contribution in [3.8, 4) is 0 Å². The van der Waals surface area contributed by atoms with Crippen molar-refractivity contribution in [3.63, 3.8) is 0 Å². The number of piperidine rings is 1. The van der Waals surface area contributed by atoms with Gasteiger partial charge in [-0.25, -0.2) is 19.3 Å². The summed E-state index contributed by atoms with van der Waals surface area (Å²) in [6, 6.07) is 3.43. The fourth-order valence-electron chi connectivity index (χ4n) is 4.67. The second-order valence-electron chi connectivity index (χ2n) is 7.99. The molecule has 5 rings (SSSR count). The molecule has 31 heavy (non-hydrogen) atoms. The van der Waals surface area contributed by atoms with Gasteiger partial charge in [0.25, 0.3) is 0 Å². The molecule has 2 aliphatic heterocycles. The molecular formula is C22H26FN5O2S. The van der Waals surface area contributed by atoms with Gasteiger partial charge in [-0.2, -0.15) is 0 Å². The molecule has 2 fully saturated rings. The Balaban J connectivity index is 1.44. The molecule has 4 heterocycles. The molecule has 0 spiro atoms. The van der Waals surface area contributed by atoms with Crippen molar-refractivity contribution in [2.75, 3.05) is 56.3 Å². The van der Waals surface area contributed by atoms with Crippen LogP contribution < -0.4 is 9.80 Å². The molecule has 0 bridgehead atoms. The van der Waals surface area contributed by atoms with Gasteiger partial charge in [0.05, 0.1) is 24.4 Å². The lowest BCUT2D eigenvalue weighted by Gasteiger charge is -2.37. The van der Waals surface area contributed by atoms with Gasteiger partial charge >= 0.3 is 0 Å². The molecule has 0 radical (unpaired) electrons. The fourth-order valence-corrected chi connectivity index (χ4v) is 5.48. The van der Waals surface area contributed by atoms with Gasteiger partial charge in [0.2, 0.25) is 0 Å². The molecular weight excluding hydrogens is 417 g/mol. The number of aromatic nitrogens is 3. The van der Waals surface area contributed by atoms with Crippen LogP contribution in [0.15, 0.2) is 30.0 Å². The largest absolute Gasteiger partial charge is 0.378 e. The average Bonchev–Trinajstić information content (AvgIpc) is 3.34. The Morgan fingerprint density at radius 3 is 2.81 bits per heavy atom. The number of benzene rings is 1.